The highest BCUT2D eigenvalue weighted by molar-refractivity contribution is 5.93. The fourth-order valence-electron chi connectivity index (χ4n) is 2.73. The Morgan fingerprint density at radius 1 is 1.33 bits per heavy atom. The van der Waals surface area contributed by atoms with Crippen molar-refractivity contribution in [2.45, 2.75) is 58.9 Å². The predicted octanol–water partition coefficient (Wildman–Crippen LogP) is 2.73. The van der Waals surface area contributed by atoms with Gasteiger partial charge in [0.1, 0.15) is 0 Å². The first kappa shape index (κ1) is 13.1. The summed E-state index contributed by atoms with van der Waals surface area (Å²) in [4.78, 5) is 23.8. The number of unbranched alkanes of at least 4 members (excludes halogenated alkanes) is 2. The highest BCUT2D eigenvalue weighted by atomic mass is 16.1. The average Bonchev–Trinajstić information content (AvgIpc) is 2.79. The van der Waals surface area contributed by atoms with Crippen molar-refractivity contribution in [3.63, 3.8) is 0 Å². The largest absolute Gasteiger partial charge is 0.312 e. The van der Waals surface area contributed by atoms with E-state index in [0.29, 0.717) is 5.56 Å². The molecule has 0 N–H and O–H groups in total. The van der Waals surface area contributed by atoms with Gasteiger partial charge in [0.25, 0.3) is 5.56 Å². The summed E-state index contributed by atoms with van der Waals surface area (Å²) in [7, 11) is 0. The van der Waals surface area contributed by atoms with E-state index in [1.165, 1.54) is 18.2 Å². The normalized spacial score (nSPS) is 13.7. The summed E-state index contributed by atoms with van der Waals surface area (Å²) in [6.45, 7) is 4.39. The zero-order valence-electron chi connectivity index (χ0n) is 11.3. The molecule has 98 valence electrons. The molecular weight excluding hydrogens is 226 g/mol. The molecule has 1 aliphatic carbocycles. The summed E-state index contributed by atoms with van der Waals surface area (Å²) in [5, 5.41) is 0. The standard InChI is InChI=1S/C15H21NO2/c1-3-4-5-9-16-14-8-6-7-12(14)10-13(11(2)17)15(16)18/h10H,3-9H2,1-2H3. The molecular formula is C15H21NO2. The van der Waals surface area contributed by atoms with Crippen molar-refractivity contribution in [1.29, 1.82) is 0 Å². The smallest absolute Gasteiger partial charge is 0.261 e. The molecule has 0 radical (unpaired) electrons. The van der Waals surface area contributed by atoms with E-state index < -0.39 is 0 Å². The molecule has 1 aromatic rings. The van der Waals surface area contributed by atoms with Crippen molar-refractivity contribution in [3.8, 4) is 0 Å². The van der Waals surface area contributed by atoms with Crippen LogP contribution in [0.3, 0.4) is 0 Å². The van der Waals surface area contributed by atoms with Gasteiger partial charge in [-0.1, -0.05) is 19.8 Å². The number of Topliss-reactive ketones (excluding diaryl/α,β-unsaturated/α-hetero) is 1. The van der Waals surface area contributed by atoms with Crippen LogP contribution in [0.15, 0.2) is 10.9 Å². The lowest BCUT2D eigenvalue weighted by Crippen LogP contribution is -2.28. The number of aromatic nitrogens is 1. The van der Waals surface area contributed by atoms with Gasteiger partial charge in [-0.3, -0.25) is 9.59 Å². The van der Waals surface area contributed by atoms with Crippen LogP contribution >= 0.6 is 0 Å². The molecule has 0 unspecified atom stereocenters. The van der Waals surface area contributed by atoms with Crippen molar-refractivity contribution < 1.29 is 4.79 Å². The molecule has 0 atom stereocenters. The monoisotopic (exact) mass is 247 g/mol. The quantitative estimate of drug-likeness (QED) is 0.593. The molecule has 0 aliphatic heterocycles. The second-order valence-corrected chi connectivity index (χ2v) is 5.10. The molecule has 1 aromatic heterocycles. The molecule has 18 heavy (non-hydrogen) atoms. The van der Waals surface area contributed by atoms with Gasteiger partial charge in [-0.25, -0.2) is 0 Å². The number of aryl methyl sites for hydroxylation is 1. The van der Waals surface area contributed by atoms with Crippen LogP contribution in [-0.4, -0.2) is 10.4 Å². The Balaban J connectivity index is 2.42. The van der Waals surface area contributed by atoms with Crippen LogP contribution in [0.1, 0.15) is 61.1 Å². The molecule has 0 saturated carbocycles. The van der Waals surface area contributed by atoms with E-state index in [0.717, 1.165) is 45.1 Å². The zero-order valence-corrected chi connectivity index (χ0v) is 11.3. The Hall–Kier alpha value is -1.38. The van der Waals surface area contributed by atoms with Crippen molar-refractivity contribution in [2.24, 2.45) is 0 Å². The van der Waals surface area contributed by atoms with Gasteiger partial charge in [-0.2, -0.15) is 0 Å². The van der Waals surface area contributed by atoms with Crippen molar-refractivity contribution in [3.05, 3.63) is 33.2 Å². The number of pyridine rings is 1. The minimum absolute atomic E-state index is 0.0840. The number of carbonyl (C=O) groups excluding carboxylic acids is 1. The Morgan fingerprint density at radius 2 is 2.11 bits per heavy atom. The molecule has 0 spiro atoms. The topological polar surface area (TPSA) is 39.1 Å². The summed E-state index contributed by atoms with van der Waals surface area (Å²) < 4.78 is 1.86. The van der Waals surface area contributed by atoms with Gasteiger partial charge < -0.3 is 4.57 Å². The first-order valence-corrected chi connectivity index (χ1v) is 6.91. The van der Waals surface area contributed by atoms with Gasteiger partial charge >= 0.3 is 0 Å². The molecule has 0 amide bonds. The maximum atomic E-state index is 12.3. The van der Waals surface area contributed by atoms with Gasteiger partial charge in [-0.15, -0.1) is 0 Å². The van der Waals surface area contributed by atoms with E-state index in [1.807, 2.05) is 10.6 Å². The second kappa shape index (κ2) is 5.51. The summed E-state index contributed by atoms with van der Waals surface area (Å²) in [6.07, 6.45) is 6.38. The van der Waals surface area contributed by atoms with Crippen LogP contribution < -0.4 is 5.56 Å². The Morgan fingerprint density at radius 3 is 2.78 bits per heavy atom. The third-order valence-corrected chi connectivity index (χ3v) is 3.71. The van der Waals surface area contributed by atoms with Crippen LogP contribution in [0.25, 0.3) is 0 Å². The SMILES string of the molecule is CCCCCn1c2c(cc(C(C)=O)c1=O)CCC2. The van der Waals surface area contributed by atoms with Crippen LogP contribution in [0.4, 0.5) is 0 Å². The third kappa shape index (κ3) is 2.40. The maximum Gasteiger partial charge on any atom is 0.261 e. The molecule has 0 bridgehead atoms. The van der Waals surface area contributed by atoms with Gasteiger partial charge in [-0.05, 0) is 44.2 Å². The van der Waals surface area contributed by atoms with Crippen molar-refractivity contribution in [2.75, 3.05) is 0 Å². The highest BCUT2D eigenvalue weighted by Crippen LogP contribution is 2.21. The van der Waals surface area contributed by atoms with Crippen LogP contribution in [-0.2, 0) is 19.4 Å². The van der Waals surface area contributed by atoms with Crippen LogP contribution in [0.5, 0.6) is 0 Å². The Bertz CT molecular complexity index is 514. The fraction of sp³-hybridized carbons (Fsp3) is 0.600. The second-order valence-electron chi connectivity index (χ2n) is 5.10. The van der Waals surface area contributed by atoms with Gasteiger partial charge in [0.15, 0.2) is 5.78 Å². The average molecular weight is 247 g/mol. The summed E-state index contributed by atoms with van der Waals surface area (Å²) in [5.74, 6) is -0.112. The summed E-state index contributed by atoms with van der Waals surface area (Å²) in [6, 6.07) is 1.82. The molecule has 0 fully saturated rings. The Labute approximate surface area is 108 Å². The highest BCUT2D eigenvalue weighted by Gasteiger charge is 2.20. The number of carbonyl (C=O) groups is 1. The number of hydrogen-bond acceptors (Lipinski definition) is 2. The predicted molar refractivity (Wildman–Crippen MR) is 72.3 cm³/mol. The Kier molecular flexibility index (Phi) is 4.00. The molecule has 0 aromatic carbocycles. The van der Waals surface area contributed by atoms with Crippen LogP contribution in [0, 0.1) is 0 Å². The van der Waals surface area contributed by atoms with Gasteiger partial charge in [0, 0.05) is 12.2 Å². The van der Waals surface area contributed by atoms with E-state index in [2.05, 4.69) is 6.92 Å². The zero-order chi connectivity index (χ0) is 13.1. The van der Waals surface area contributed by atoms with E-state index in [9.17, 15) is 9.59 Å². The number of ketones is 1. The number of hydrogen-bond donors (Lipinski definition) is 0. The van der Waals surface area contributed by atoms with Gasteiger partial charge in [0.05, 0.1) is 5.56 Å². The van der Waals surface area contributed by atoms with Crippen LogP contribution in [0.2, 0.25) is 0 Å². The van der Waals surface area contributed by atoms with Crippen molar-refractivity contribution in [1.82, 2.24) is 4.57 Å². The number of fused-ring (bicyclic) bond motifs is 1. The fourth-order valence-corrected chi connectivity index (χ4v) is 2.73. The molecule has 1 aliphatic rings. The lowest BCUT2D eigenvalue weighted by molar-refractivity contribution is 0.101. The van der Waals surface area contributed by atoms with E-state index in [4.69, 9.17) is 0 Å². The third-order valence-electron chi connectivity index (χ3n) is 3.71. The molecule has 0 saturated heterocycles. The summed E-state index contributed by atoms with van der Waals surface area (Å²) >= 11 is 0. The molecule has 3 nitrogen and oxygen atoms in total. The molecule has 3 heteroatoms. The van der Waals surface area contributed by atoms with Gasteiger partial charge in [0.2, 0.25) is 0 Å². The lowest BCUT2D eigenvalue weighted by atomic mass is 10.1. The summed E-state index contributed by atoms with van der Waals surface area (Å²) in [5.41, 5.74) is 2.66. The number of rotatable bonds is 5. The van der Waals surface area contributed by atoms with E-state index in [-0.39, 0.29) is 11.3 Å². The number of nitrogens with zero attached hydrogens (tertiary/aromatic N) is 1. The molecule has 2 rings (SSSR count). The first-order valence-electron chi connectivity index (χ1n) is 6.91. The lowest BCUT2D eigenvalue weighted by Gasteiger charge is -2.13. The van der Waals surface area contributed by atoms with E-state index in [1.54, 1.807) is 0 Å². The minimum atomic E-state index is -0.112. The maximum absolute atomic E-state index is 12.3. The van der Waals surface area contributed by atoms with Crippen molar-refractivity contribution >= 4 is 5.78 Å². The first-order chi connectivity index (χ1) is 8.65. The van der Waals surface area contributed by atoms with E-state index >= 15 is 0 Å². The minimum Gasteiger partial charge on any atom is -0.312 e. The molecule has 1 heterocycles.